The predicted molar refractivity (Wildman–Crippen MR) is 68.4 cm³/mol. The highest BCUT2D eigenvalue weighted by molar-refractivity contribution is 6.09. The van der Waals surface area contributed by atoms with Crippen LogP contribution in [0.15, 0.2) is 49.1 Å². The van der Waals surface area contributed by atoms with Crippen LogP contribution in [-0.2, 0) is 7.05 Å². The average molecular weight is 237 g/mol. The summed E-state index contributed by atoms with van der Waals surface area (Å²) < 4.78 is 1.71. The van der Waals surface area contributed by atoms with Crippen LogP contribution in [-0.4, -0.2) is 20.3 Å². The van der Waals surface area contributed by atoms with Crippen LogP contribution in [0.5, 0.6) is 0 Å². The normalized spacial score (nSPS) is 10.7. The van der Waals surface area contributed by atoms with Gasteiger partial charge in [-0.25, -0.2) is 4.98 Å². The Morgan fingerprint density at radius 3 is 2.83 bits per heavy atom. The van der Waals surface area contributed by atoms with E-state index in [-0.39, 0.29) is 5.78 Å². The molecule has 0 aliphatic rings. The molecule has 3 aromatic rings. The minimum absolute atomic E-state index is 0.0618. The van der Waals surface area contributed by atoms with Crippen LogP contribution >= 0.6 is 0 Å². The average Bonchev–Trinajstić information content (AvgIpc) is 2.83. The molecule has 4 heteroatoms. The van der Waals surface area contributed by atoms with Crippen molar-refractivity contribution in [3.8, 4) is 0 Å². The van der Waals surface area contributed by atoms with Crippen molar-refractivity contribution in [2.45, 2.75) is 0 Å². The number of carbonyl (C=O) groups excluding carboxylic acids is 1. The summed E-state index contributed by atoms with van der Waals surface area (Å²) in [4.78, 5) is 20.5. The van der Waals surface area contributed by atoms with Gasteiger partial charge in [-0.1, -0.05) is 18.2 Å². The van der Waals surface area contributed by atoms with Gasteiger partial charge in [-0.15, -0.1) is 0 Å². The van der Waals surface area contributed by atoms with Crippen LogP contribution in [0.4, 0.5) is 0 Å². The third-order valence-corrected chi connectivity index (χ3v) is 2.90. The lowest BCUT2D eigenvalue weighted by molar-refractivity contribution is 0.103. The Labute approximate surface area is 104 Å². The first-order valence-electron chi connectivity index (χ1n) is 5.61. The minimum Gasteiger partial charge on any atom is -0.331 e. The predicted octanol–water partition coefficient (Wildman–Crippen LogP) is 2.20. The van der Waals surface area contributed by atoms with Gasteiger partial charge in [0.1, 0.15) is 5.69 Å². The van der Waals surface area contributed by atoms with Crippen LogP contribution in [0.1, 0.15) is 16.1 Å². The second-order valence-corrected chi connectivity index (χ2v) is 4.14. The molecule has 88 valence electrons. The molecule has 4 nitrogen and oxygen atoms in total. The maximum absolute atomic E-state index is 12.3. The zero-order valence-electron chi connectivity index (χ0n) is 9.87. The number of ketones is 1. The molecule has 3 rings (SSSR count). The zero-order chi connectivity index (χ0) is 12.5. The molecule has 0 saturated carbocycles. The maximum Gasteiger partial charge on any atom is 0.212 e. The Hall–Kier alpha value is -2.49. The zero-order valence-corrected chi connectivity index (χ0v) is 9.87. The fourth-order valence-corrected chi connectivity index (χ4v) is 1.92. The highest BCUT2D eigenvalue weighted by atomic mass is 16.1. The first kappa shape index (κ1) is 10.7. The van der Waals surface area contributed by atoms with E-state index >= 15 is 0 Å². The van der Waals surface area contributed by atoms with E-state index in [9.17, 15) is 4.79 Å². The van der Waals surface area contributed by atoms with Gasteiger partial charge in [-0.05, 0) is 12.1 Å². The van der Waals surface area contributed by atoms with Crippen LogP contribution in [0, 0.1) is 0 Å². The molecule has 0 fully saturated rings. The van der Waals surface area contributed by atoms with E-state index in [2.05, 4.69) is 9.97 Å². The summed E-state index contributed by atoms with van der Waals surface area (Å²) in [6.07, 6.45) is 4.79. The van der Waals surface area contributed by atoms with Gasteiger partial charge in [-0.2, -0.15) is 0 Å². The molecule has 0 aliphatic carbocycles. The fourth-order valence-electron chi connectivity index (χ4n) is 1.92. The van der Waals surface area contributed by atoms with E-state index in [0.29, 0.717) is 11.3 Å². The number of benzene rings is 1. The highest BCUT2D eigenvalue weighted by Crippen LogP contribution is 2.15. The molecule has 0 unspecified atom stereocenters. The molecular weight excluding hydrogens is 226 g/mol. The molecule has 0 amide bonds. The Morgan fingerprint density at radius 2 is 2.06 bits per heavy atom. The molecular formula is C14H11N3O. The summed E-state index contributed by atoms with van der Waals surface area (Å²) in [5, 5.41) is 0.963. The van der Waals surface area contributed by atoms with Crippen molar-refractivity contribution in [2.24, 2.45) is 7.05 Å². The van der Waals surface area contributed by atoms with E-state index in [4.69, 9.17) is 0 Å². The Balaban J connectivity index is 2.10. The highest BCUT2D eigenvalue weighted by Gasteiger charge is 2.13. The van der Waals surface area contributed by atoms with E-state index < -0.39 is 0 Å². The third-order valence-electron chi connectivity index (χ3n) is 2.90. The number of aryl methyl sites for hydroxylation is 1. The number of hydrogen-bond acceptors (Lipinski definition) is 3. The van der Waals surface area contributed by atoms with Gasteiger partial charge in [0, 0.05) is 24.2 Å². The number of aromatic nitrogens is 3. The lowest BCUT2D eigenvalue weighted by atomic mass is 10.1. The largest absolute Gasteiger partial charge is 0.331 e. The van der Waals surface area contributed by atoms with Crippen molar-refractivity contribution >= 4 is 16.7 Å². The Kier molecular flexibility index (Phi) is 2.41. The van der Waals surface area contributed by atoms with Crippen molar-refractivity contribution in [1.82, 2.24) is 14.5 Å². The van der Waals surface area contributed by atoms with E-state index in [1.165, 1.54) is 0 Å². The Bertz CT molecular complexity index is 730. The van der Waals surface area contributed by atoms with Crippen molar-refractivity contribution in [1.29, 1.82) is 0 Å². The molecule has 0 saturated heterocycles. The molecule has 0 atom stereocenters. The van der Waals surface area contributed by atoms with Crippen LogP contribution in [0.2, 0.25) is 0 Å². The van der Waals surface area contributed by atoms with Gasteiger partial charge in [0.25, 0.3) is 0 Å². The standard InChI is InChI=1S/C14H11N3O/c1-17-9-15-8-13(17)14(18)11-6-10-4-2-3-5-12(10)16-7-11/h2-9H,1H3. The first-order valence-corrected chi connectivity index (χ1v) is 5.61. The summed E-state index contributed by atoms with van der Waals surface area (Å²) in [7, 11) is 1.80. The van der Waals surface area contributed by atoms with Gasteiger partial charge in [0.15, 0.2) is 0 Å². The number of hydrogen-bond donors (Lipinski definition) is 0. The number of fused-ring (bicyclic) bond motifs is 1. The summed E-state index contributed by atoms with van der Waals surface area (Å²) >= 11 is 0. The molecule has 2 heterocycles. The quantitative estimate of drug-likeness (QED) is 0.642. The fraction of sp³-hybridized carbons (Fsp3) is 0.0714. The van der Waals surface area contributed by atoms with E-state index in [0.717, 1.165) is 10.9 Å². The number of para-hydroxylation sites is 1. The van der Waals surface area contributed by atoms with Crippen molar-refractivity contribution in [3.05, 3.63) is 60.3 Å². The first-order chi connectivity index (χ1) is 8.75. The van der Waals surface area contributed by atoms with Crippen LogP contribution in [0.3, 0.4) is 0 Å². The number of carbonyl (C=O) groups is 1. The molecule has 0 aliphatic heterocycles. The third kappa shape index (κ3) is 1.68. The molecule has 1 aromatic carbocycles. The Morgan fingerprint density at radius 1 is 1.22 bits per heavy atom. The monoisotopic (exact) mass is 237 g/mol. The van der Waals surface area contributed by atoms with Crippen molar-refractivity contribution < 1.29 is 4.79 Å². The minimum atomic E-state index is -0.0618. The van der Waals surface area contributed by atoms with Gasteiger partial charge in [-0.3, -0.25) is 9.78 Å². The second-order valence-electron chi connectivity index (χ2n) is 4.14. The molecule has 0 spiro atoms. The van der Waals surface area contributed by atoms with Gasteiger partial charge < -0.3 is 4.57 Å². The summed E-state index contributed by atoms with van der Waals surface area (Å²) in [6, 6.07) is 9.59. The van der Waals surface area contributed by atoms with Gasteiger partial charge >= 0.3 is 0 Å². The lowest BCUT2D eigenvalue weighted by Gasteiger charge is -2.03. The van der Waals surface area contributed by atoms with Crippen LogP contribution in [0.25, 0.3) is 10.9 Å². The number of pyridine rings is 1. The van der Waals surface area contributed by atoms with Crippen molar-refractivity contribution in [3.63, 3.8) is 0 Å². The second kappa shape index (κ2) is 4.07. The molecule has 18 heavy (non-hydrogen) atoms. The summed E-state index contributed by atoms with van der Waals surface area (Å²) in [6.45, 7) is 0. The van der Waals surface area contributed by atoms with E-state index in [1.54, 1.807) is 30.3 Å². The summed E-state index contributed by atoms with van der Waals surface area (Å²) in [5.74, 6) is -0.0618. The van der Waals surface area contributed by atoms with Crippen molar-refractivity contribution in [2.75, 3.05) is 0 Å². The SMILES string of the molecule is Cn1cncc1C(=O)c1cnc2ccccc2c1. The number of nitrogens with zero attached hydrogens (tertiary/aromatic N) is 3. The molecule has 0 N–H and O–H groups in total. The smallest absolute Gasteiger partial charge is 0.212 e. The van der Waals surface area contributed by atoms with Gasteiger partial charge in [0.2, 0.25) is 5.78 Å². The topological polar surface area (TPSA) is 47.8 Å². The number of imidazole rings is 1. The van der Waals surface area contributed by atoms with Crippen LogP contribution < -0.4 is 0 Å². The molecule has 0 radical (unpaired) electrons. The van der Waals surface area contributed by atoms with Gasteiger partial charge in [0.05, 0.1) is 18.0 Å². The lowest BCUT2D eigenvalue weighted by Crippen LogP contribution is -2.07. The molecule has 0 bridgehead atoms. The maximum atomic E-state index is 12.3. The summed E-state index contributed by atoms with van der Waals surface area (Å²) in [5.41, 5.74) is 2.03. The van der Waals surface area contributed by atoms with E-state index in [1.807, 2.05) is 30.3 Å². The number of rotatable bonds is 2. The molecule has 2 aromatic heterocycles.